The van der Waals surface area contributed by atoms with Crippen LogP contribution in [0.1, 0.15) is 19.8 Å². The highest BCUT2D eigenvalue weighted by Gasteiger charge is 2.71. The molecule has 0 amide bonds. The Morgan fingerprint density at radius 1 is 1.64 bits per heavy atom. The van der Waals surface area contributed by atoms with Crippen molar-refractivity contribution < 1.29 is 9.47 Å². The van der Waals surface area contributed by atoms with E-state index in [2.05, 4.69) is 6.92 Å². The monoisotopic (exact) mass is 150 g/mol. The van der Waals surface area contributed by atoms with E-state index in [1.807, 2.05) is 0 Å². The Hall–Kier alpha value is -0.0151. The normalized spacial score (nSPS) is 64.8. The molecule has 2 nitrogen and oxygen atoms in total. The van der Waals surface area contributed by atoms with E-state index >= 15 is 0 Å². The minimum absolute atomic E-state index is 0.118. The molecule has 2 radical (unpaired) electrons. The topological polar surface area (TPSA) is 18.5 Å². The Balaban J connectivity index is 1.92. The quantitative estimate of drug-likeness (QED) is 0.505. The van der Waals surface area contributed by atoms with E-state index in [1.54, 1.807) is 0 Å². The lowest BCUT2D eigenvalue weighted by atomic mass is 9.60. The van der Waals surface area contributed by atoms with Crippen LogP contribution in [0.25, 0.3) is 0 Å². The van der Waals surface area contributed by atoms with Gasteiger partial charge in [-0.1, -0.05) is 6.92 Å². The number of hydrogen-bond acceptors (Lipinski definition) is 2. The third-order valence-electron chi connectivity index (χ3n) is 3.53. The summed E-state index contributed by atoms with van der Waals surface area (Å²) in [5.41, 5.74) is 0.118. The molecule has 3 fully saturated rings. The second-order valence-electron chi connectivity index (χ2n) is 3.87. The Morgan fingerprint density at radius 3 is 3.00 bits per heavy atom. The Bertz CT molecular complexity index is 208. The van der Waals surface area contributed by atoms with Crippen LogP contribution in [0.2, 0.25) is 0 Å². The van der Waals surface area contributed by atoms with Gasteiger partial charge in [-0.25, -0.2) is 0 Å². The van der Waals surface area contributed by atoms with Crippen LogP contribution in [-0.4, -0.2) is 31.7 Å². The predicted octanol–water partition coefficient (Wildman–Crippen LogP) is 0.447. The lowest BCUT2D eigenvalue weighted by molar-refractivity contribution is -0.265. The van der Waals surface area contributed by atoms with Gasteiger partial charge in [-0.2, -0.15) is 0 Å². The summed E-state index contributed by atoms with van der Waals surface area (Å²) in [5.74, 6) is 0.627. The largest absolute Gasteiger partial charge is 0.378 e. The molecular formula is C8H11BO2. The third kappa shape index (κ3) is 0.520. The third-order valence-corrected chi connectivity index (χ3v) is 3.53. The number of hydrogen-bond donors (Lipinski definition) is 0. The highest BCUT2D eigenvalue weighted by molar-refractivity contribution is 6.11. The molecule has 1 aliphatic carbocycles. The van der Waals surface area contributed by atoms with Gasteiger partial charge in [-0.3, -0.25) is 0 Å². The van der Waals surface area contributed by atoms with E-state index in [0.717, 1.165) is 12.8 Å². The first kappa shape index (κ1) is 6.50. The zero-order valence-electron chi connectivity index (χ0n) is 6.62. The van der Waals surface area contributed by atoms with Crippen molar-refractivity contribution in [3.63, 3.8) is 0 Å². The zero-order chi connectivity index (χ0) is 7.64. The summed E-state index contributed by atoms with van der Waals surface area (Å²) >= 11 is 0. The van der Waals surface area contributed by atoms with Gasteiger partial charge >= 0.3 is 0 Å². The summed E-state index contributed by atoms with van der Waals surface area (Å²) in [6.07, 6.45) is 2.85. The molecule has 3 unspecified atom stereocenters. The Kier molecular flexibility index (Phi) is 0.985. The summed E-state index contributed by atoms with van der Waals surface area (Å²) in [6.45, 7) is 2.17. The fraction of sp³-hybridized carbons (Fsp3) is 1.00. The van der Waals surface area contributed by atoms with Gasteiger partial charge in [0.1, 0.15) is 7.85 Å². The smallest absolute Gasteiger partial charge is 0.112 e. The molecule has 0 spiro atoms. The van der Waals surface area contributed by atoms with E-state index in [0.29, 0.717) is 12.0 Å². The van der Waals surface area contributed by atoms with E-state index in [-0.39, 0.29) is 17.7 Å². The lowest BCUT2D eigenvalue weighted by Gasteiger charge is -2.57. The van der Waals surface area contributed by atoms with E-state index in [4.69, 9.17) is 17.3 Å². The van der Waals surface area contributed by atoms with Crippen molar-refractivity contribution in [2.75, 3.05) is 0 Å². The average molecular weight is 150 g/mol. The van der Waals surface area contributed by atoms with Crippen molar-refractivity contribution in [2.45, 2.75) is 43.6 Å². The highest BCUT2D eigenvalue weighted by atomic mass is 16.6. The second-order valence-corrected chi connectivity index (χ2v) is 3.87. The molecule has 0 N–H and O–H groups in total. The van der Waals surface area contributed by atoms with Gasteiger partial charge in [0.25, 0.3) is 0 Å². The number of rotatable bonds is 1. The van der Waals surface area contributed by atoms with Crippen molar-refractivity contribution in [2.24, 2.45) is 5.92 Å². The molecule has 0 bridgehead atoms. The summed E-state index contributed by atoms with van der Waals surface area (Å²) in [4.78, 5) is 0. The summed E-state index contributed by atoms with van der Waals surface area (Å²) in [5, 5.41) is 0. The molecule has 11 heavy (non-hydrogen) atoms. The Morgan fingerprint density at radius 2 is 2.45 bits per heavy atom. The molecule has 5 atom stereocenters. The van der Waals surface area contributed by atoms with Crippen molar-refractivity contribution in [3.8, 4) is 0 Å². The molecule has 1 saturated carbocycles. The minimum Gasteiger partial charge on any atom is -0.378 e. The van der Waals surface area contributed by atoms with E-state index in [9.17, 15) is 0 Å². The summed E-state index contributed by atoms with van der Waals surface area (Å²) < 4.78 is 11.2. The molecule has 3 rings (SSSR count). The Labute approximate surface area is 67.7 Å². The van der Waals surface area contributed by atoms with Gasteiger partial charge < -0.3 is 9.47 Å². The molecule has 0 aromatic rings. The highest BCUT2D eigenvalue weighted by Crippen LogP contribution is 2.61. The maximum Gasteiger partial charge on any atom is 0.112 e. The molecule has 58 valence electrons. The molecule has 2 saturated heterocycles. The predicted molar refractivity (Wildman–Crippen MR) is 40.4 cm³/mol. The average Bonchev–Trinajstić information content (AvgIpc) is 2.07. The first-order valence-corrected chi connectivity index (χ1v) is 4.36. The molecule has 2 heterocycles. The SMILES string of the molecule is [B][C@@H]1O[C@@]2(CC)CC3OC1C32. The van der Waals surface area contributed by atoms with Crippen LogP contribution in [0.3, 0.4) is 0 Å². The first-order chi connectivity index (χ1) is 5.27. The maximum atomic E-state index is 5.75. The molecule has 3 heteroatoms. The van der Waals surface area contributed by atoms with E-state index in [1.165, 1.54) is 0 Å². The van der Waals surface area contributed by atoms with Crippen LogP contribution in [0.5, 0.6) is 0 Å². The van der Waals surface area contributed by atoms with Crippen molar-refractivity contribution in [3.05, 3.63) is 0 Å². The van der Waals surface area contributed by atoms with Gasteiger partial charge in [0.15, 0.2) is 0 Å². The number of ether oxygens (including phenoxy) is 2. The minimum atomic E-state index is -0.154. The van der Waals surface area contributed by atoms with Gasteiger partial charge in [0.2, 0.25) is 0 Å². The molecular weight excluding hydrogens is 139 g/mol. The van der Waals surface area contributed by atoms with Crippen LogP contribution in [0, 0.1) is 5.92 Å². The summed E-state index contributed by atoms with van der Waals surface area (Å²) in [6, 6.07) is -0.154. The van der Waals surface area contributed by atoms with Crippen molar-refractivity contribution >= 4 is 7.85 Å². The molecule has 0 aromatic carbocycles. The van der Waals surface area contributed by atoms with Gasteiger partial charge in [-0.15, -0.1) is 0 Å². The van der Waals surface area contributed by atoms with Crippen molar-refractivity contribution in [1.29, 1.82) is 0 Å². The second kappa shape index (κ2) is 1.67. The standard InChI is InChI=1S/C8H11BO2/c1-2-8-3-4-5(8)6(10-4)7(9)11-8/h4-7H,2-3H2,1H3/t4?,5?,6?,7-,8+/m1/s1. The van der Waals surface area contributed by atoms with Crippen molar-refractivity contribution in [1.82, 2.24) is 0 Å². The maximum absolute atomic E-state index is 5.75. The van der Waals surface area contributed by atoms with Crippen LogP contribution < -0.4 is 0 Å². The molecule has 3 aliphatic rings. The van der Waals surface area contributed by atoms with Crippen LogP contribution in [0.4, 0.5) is 0 Å². The van der Waals surface area contributed by atoms with Crippen LogP contribution in [0.15, 0.2) is 0 Å². The van der Waals surface area contributed by atoms with Gasteiger partial charge in [0.05, 0.1) is 17.8 Å². The van der Waals surface area contributed by atoms with Crippen LogP contribution in [-0.2, 0) is 9.47 Å². The zero-order valence-corrected chi connectivity index (χ0v) is 6.62. The fourth-order valence-electron chi connectivity index (χ4n) is 2.83. The van der Waals surface area contributed by atoms with Gasteiger partial charge in [0, 0.05) is 18.3 Å². The fourth-order valence-corrected chi connectivity index (χ4v) is 2.83. The van der Waals surface area contributed by atoms with Crippen LogP contribution >= 0.6 is 0 Å². The lowest BCUT2D eigenvalue weighted by Crippen LogP contribution is -2.67. The van der Waals surface area contributed by atoms with E-state index < -0.39 is 0 Å². The van der Waals surface area contributed by atoms with Gasteiger partial charge in [-0.05, 0) is 6.42 Å². The molecule has 0 aromatic heterocycles. The molecule has 2 aliphatic heterocycles. The first-order valence-electron chi connectivity index (χ1n) is 4.36. The summed E-state index contributed by atoms with van der Waals surface area (Å²) in [7, 11) is 5.75.